The number of hydrogen-bond donors (Lipinski definition) is 1. The number of halogens is 1. The molecule has 0 radical (unpaired) electrons. The van der Waals surface area contributed by atoms with Gasteiger partial charge in [0.05, 0.1) is 7.11 Å². The van der Waals surface area contributed by atoms with Crippen molar-refractivity contribution < 1.29 is 23.5 Å². The molecule has 1 N–H and O–H groups in total. The van der Waals surface area contributed by atoms with Gasteiger partial charge in [0, 0.05) is 0 Å². The average molecular weight is 311 g/mol. The smallest absolute Gasteiger partial charge is 0.408 e. The standard InChI is InChI=1S/C16H22FNO4/c1-16(2,3)22-15(20)18-13(14(19)21-4)10-7-11-5-8-12(17)9-6-11/h5-6,8-9,13H,7,10H2,1-4H3,(H,18,20)/t13-/m0/s1. The van der Waals surface area contributed by atoms with E-state index in [-0.39, 0.29) is 5.82 Å². The van der Waals surface area contributed by atoms with Gasteiger partial charge in [0.25, 0.3) is 0 Å². The summed E-state index contributed by atoms with van der Waals surface area (Å²) in [4.78, 5) is 23.5. The Bertz CT molecular complexity index is 508. The Morgan fingerprint density at radius 1 is 1.23 bits per heavy atom. The molecule has 0 saturated carbocycles. The Morgan fingerprint density at radius 3 is 2.32 bits per heavy atom. The summed E-state index contributed by atoms with van der Waals surface area (Å²) in [6, 6.07) is 5.16. The highest BCUT2D eigenvalue weighted by molar-refractivity contribution is 5.81. The van der Waals surface area contributed by atoms with Crippen LogP contribution in [0.15, 0.2) is 24.3 Å². The summed E-state index contributed by atoms with van der Waals surface area (Å²) < 4.78 is 22.7. The number of nitrogens with one attached hydrogen (secondary N) is 1. The topological polar surface area (TPSA) is 64.6 Å². The maximum absolute atomic E-state index is 12.9. The second kappa shape index (κ2) is 7.77. The van der Waals surface area contributed by atoms with Crippen LogP contribution in [-0.2, 0) is 20.7 Å². The zero-order chi connectivity index (χ0) is 16.8. The van der Waals surface area contributed by atoms with Gasteiger partial charge < -0.3 is 14.8 Å². The van der Waals surface area contributed by atoms with E-state index in [0.29, 0.717) is 12.8 Å². The third-order valence-electron chi connectivity index (χ3n) is 2.81. The number of alkyl carbamates (subject to hydrolysis) is 1. The van der Waals surface area contributed by atoms with E-state index in [4.69, 9.17) is 4.74 Å². The highest BCUT2D eigenvalue weighted by atomic mass is 19.1. The van der Waals surface area contributed by atoms with Gasteiger partial charge >= 0.3 is 12.1 Å². The minimum atomic E-state index is -0.815. The van der Waals surface area contributed by atoms with E-state index in [1.165, 1.54) is 19.2 Å². The Balaban J connectivity index is 2.63. The minimum absolute atomic E-state index is 0.319. The molecular weight excluding hydrogens is 289 g/mol. The number of esters is 1. The lowest BCUT2D eigenvalue weighted by atomic mass is 10.1. The van der Waals surface area contributed by atoms with Gasteiger partial charge in [-0.15, -0.1) is 0 Å². The second-order valence-electron chi connectivity index (χ2n) is 5.89. The third-order valence-corrected chi connectivity index (χ3v) is 2.81. The highest BCUT2D eigenvalue weighted by Crippen LogP contribution is 2.10. The Hall–Kier alpha value is -2.11. The molecule has 6 heteroatoms. The molecule has 0 aromatic heterocycles. The lowest BCUT2D eigenvalue weighted by molar-refractivity contribution is -0.143. The SMILES string of the molecule is COC(=O)[C@H](CCc1ccc(F)cc1)NC(=O)OC(C)(C)C. The minimum Gasteiger partial charge on any atom is -0.467 e. The molecule has 0 spiro atoms. The van der Waals surface area contributed by atoms with Crippen molar-refractivity contribution in [3.8, 4) is 0 Å². The van der Waals surface area contributed by atoms with Crippen LogP contribution in [0.3, 0.4) is 0 Å². The molecule has 0 fully saturated rings. The Labute approximate surface area is 129 Å². The van der Waals surface area contributed by atoms with Gasteiger partial charge in [-0.2, -0.15) is 0 Å². The summed E-state index contributed by atoms with van der Waals surface area (Å²) in [5.41, 5.74) is 0.211. The summed E-state index contributed by atoms with van der Waals surface area (Å²) in [6.45, 7) is 5.20. The van der Waals surface area contributed by atoms with Crippen LogP contribution in [0.5, 0.6) is 0 Å². The maximum atomic E-state index is 12.9. The first-order valence-corrected chi connectivity index (χ1v) is 7.03. The fourth-order valence-electron chi connectivity index (χ4n) is 1.80. The van der Waals surface area contributed by atoms with E-state index in [2.05, 4.69) is 10.1 Å². The van der Waals surface area contributed by atoms with Gasteiger partial charge in [-0.1, -0.05) is 12.1 Å². The van der Waals surface area contributed by atoms with Crippen molar-refractivity contribution in [3.63, 3.8) is 0 Å². The van der Waals surface area contributed by atoms with E-state index in [9.17, 15) is 14.0 Å². The van der Waals surface area contributed by atoms with Crippen molar-refractivity contribution in [2.45, 2.75) is 45.3 Å². The van der Waals surface area contributed by atoms with Crippen molar-refractivity contribution >= 4 is 12.1 Å². The van der Waals surface area contributed by atoms with Crippen LogP contribution in [0.25, 0.3) is 0 Å². The van der Waals surface area contributed by atoms with E-state index < -0.39 is 23.7 Å². The molecule has 1 atom stereocenters. The molecule has 0 saturated heterocycles. The van der Waals surface area contributed by atoms with E-state index >= 15 is 0 Å². The van der Waals surface area contributed by atoms with Crippen LogP contribution >= 0.6 is 0 Å². The van der Waals surface area contributed by atoms with Crippen molar-refractivity contribution in [2.75, 3.05) is 7.11 Å². The quantitative estimate of drug-likeness (QED) is 0.849. The van der Waals surface area contributed by atoms with Gasteiger partial charge in [-0.25, -0.2) is 14.0 Å². The first-order chi connectivity index (χ1) is 10.2. The summed E-state index contributed by atoms with van der Waals surface area (Å²) in [5, 5.41) is 2.50. The normalized spacial score (nSPS) is 12.4. The van der Waals surface area contributed by atoms with Gasteiger partial charge in [-0.3, -0.25) is 0 Å². The van der Waals surface area contributed by atoms with E-state index in [1.807, 2.05) is 0 Å². The van der Waals surface area contributed by atoms with E-state index in [1.54, 1.807) is 32.9 Å². The molecule has 1 rings (SSSR count). The Kier molecular flexibility index (Phi) is 6.34. The number of amides is 1. The number of methoxy groups -OCH3 is 1. The van der Waals surface area contributed by atoms with Crippen LogP contribution in [0.4, 0.5) is 9.18 Å². The monoisotopic (exact) mass is 311 g/mol. The zero-order valence-electron chi connectivity index (χ0n) is 13.3. The first-order valence-electron chi connectivity index (χ1n) is 7.03. The fourth-order valence-corrected chi connectivity index (χ4v) is 1.80. The number of hydrogen-bond acceptors (Lipinski definition) is 4. The lowest BCUT2D eigenvalue weighted by Gasteiger charge is -2.22. The second-order valence-corrected chi connectivity index (χ2v) is 5.89. The van der Waals surface area contributed by atoms with Crippen molar-refractivity contribution in [1.82, 2.24) is 5.32 Å². The fraction of sp³-hybridized carbons (Fsp3) is 0.500. The Morgan fingerprint density at radius 2 is 1.82 bits per heavy atom. The van der Waals surface area contributed by atoms with Crippen LogP contribution in [0.2, 0.25) is 0 Å². The predicted molar refractivity (Wildman–Crippen MR) is 79.9 cm³/mol. The number of benzene rings is 1. The summed E-state index contributed by atoms with van der Waals surface area (Å²) >= 11 is 0. The zero-order valence-corrected chi connectivity index (χ0v) is 13.3. The molecule has 1 aromatic carbocycles. The maximum Gasteiger partial charge on any atom is 0.408 e. The first kappa shape index (κ1) is 17.9. The molecule has 22 heavy (non-hydrogen) atoms. The molecule has 0 aliphatic rings. The van der Waals surface area contributed by atoms with Crippen molar-refractivity contribution in [2.24, 2.45) is 0 Å². The molecule has 0 heterocycles. The molecule has 0 aliphatic carbocycles. The molecule has 122 valence electrons. The van der Waals surface area contributed by atoms with Gasteiger partial charge in [0.15, 0.2) is 0 Å². The number of rotatable bonds is 5. The number of ether oxygens (including phenoxy) is 2. The van der Waals surface area contributed by atoms with Gasteiger partial charge in [0.1, 0.15) is 17.5 Å². The van der Waals surface area contributed by atoms with Gasteiger partial charge in [0.2, 0.25) is 0 Å². The molecule has 1 amide bonds. The molecule has 0 aliphatic heterocycles. The van der Waals surface area contributed by atoms with Crippen LogP contribution < -0.4 is 5.32 Å². The van der Waals surface area contributed by atoms with Crippen molar-refractivity contribution in [1.29, 1.82) is 0 Å². The highest BCUT2D eigenvalue weighted by Gasteiger charge is 2.24. The largest absolute Gasteiger partial charge is 0.467 e. The van der Waals surface area contributed by atoms with Crippen LogP contribution in [-0.4, -0.2) is 30.8 Å². The average Bonchev–Trinajstić information content (AvgIpc) is 2.42. The summed E-state index contributed by atoms with van der Waals surface area (Å²) in [5.74, 6) is -0.867. The molecular formula is C16H22FNO4. The number of carbonyl (C=O) groups is 2. The van der Waals surface area contributed by atoms with Crippen molar-refractivity contribution in [3.05, 3.63) is 35.6 Å². The lowest BCUT2D eigenvalue weighted by Crippen LogP contribution is -2.44. The number of carbonyl (C=O) groups excluding carboxylic acids is 2. The van der Waals surface area contributed by atoms with Crippen LogP contribution in [0, 0.1) is 5.82 Å². The molecule has 1 aromatic rings. The predicted octanol–water partition coefficient (Wildman–Crippen LogP) is 2.82. The van der Waals surface area contributed by atoms with Crippen LogP contribution in [0.1, 0.15) is 32.8 Å². The number of aryl methyl sites for hydroxylation is 1. The molecule has 5 nitrogen and oxygen atoms in total. The third kappa shape index (κ3) is 6.56. The van der Waals surface area contributed by atoms with Gasteiger partial charge in [-0.05, 0) is 51.3 Å². The molecule has 0 bridgehead atoms. The summed E-state index contributed by atoms with van der Waals surface area (Å²) in [7, 11) is 1.25. The summed E-state index contributed by atoms with van der Waals surface area (Å²) in [6.07, 6.45) is 0.148. The van der Waals surface area contributed by atoms with E-state index in [0.717, 1.165) is 5.56 Å². The molecule has 0 unspecified atom stereocenters.